The molecule has 19 heavy (non-hydrogen) atoms. The Hall–Kier alpha value is -1.34. The number of hydrogen-bond donors (Lipinski definition) is 1. The zero-order valence-electron chi connectivity index (χ0n) is 10.5. The molecule has 0 radical (unpaired) electrons. The van der Waals surface area contributed by atoms with Crippen molar-refractivity contribution in [3.05, 3.63) is 45.8 Å². The van der Waals surface area contributed by atoms with Crippen LogP contribution < -0.4 is 4.72 Å². The summed E-state index contributed by atoms with van der Waals surface area (Å²) in [6, 6.07) is 6.95. The molecule has 0 atom stereocenters. The fourth-order valence-corrected chi connectivity index (χ4v) is 3.12. The van der Waals surface area contributed by atoms with E-state index in [1.807, 2.05) is 13.0 Å². The summed E-state index contributed by atoms with van der Waals surface area (Å²) in [5.41, 5.74) is 1.77. The van der Waals surface area contributed by atoms with E-state index in [-0.39, 0.29) is 5.75 Å². The number of hydrogen-bond acceptors (Lipinski definition) is 4. The standard InChI is InChI=1S/C12H13BrN2O3S/c1-8-6-10(14-18-8)7-19(16,17)15-12-5-3-4-11(13)9(12)2/h3-6,15H,7H2,1-2H3. The van der Waals surface area contributed by atoms with E-state index in [4.69, 9.17) is 4.52 Å². The first-order chi connectivity index (χ1) is 8.87. The van der Waals surface area contributed by atoms with Gasteiger partial charge in [0.15, 0.2) is 0 Å². The van der Waals surface area contributed by atoms with Crippen LogP contribution in [0.25, 0.3) is 0 Å². The van der Waals surface area contributed by atoms with Crippen LogP contribution in [-0.2, 0) is 15.8 Å². The van der Waals surface area contributed by atoms with E-state index in [2.05, 4.69) is 25.8 Å². The predicted octanol–water partition coefficient (Wildman–Crippen LogP) is 3.00. The Balaban J connectivity index is 2.19. The SMILES string of the molecule is Cc1cc(CS(=O)(=O)Nc2cccc(Br)c2C)no1. The molecule has 0 amide bonds. The summed E-state index contributed by atoms with van der Waals surface area (Å²) in [7, 11) is -3.51. The Bertz CT molecular complexity index is 695. The van der Waals surface area contributed by atoms with Crippen molar-refractivity contribution in [3.63, 3.8) is 0 Å². The lowest BCUT2D eigenvalue weighted by Gasteiger charge is -2.10. The predicted molar refractivity (Wildman–Crippen MR) is 76.4 cm³/mol. The van der Waals surface area contributed by atoms with Gasteiger partial charge in [0.05, 0.1) is 5.69 Å². The second-order valence-corrected chi connectivity index (χ2v) is 6.78. The number of aryl methyl sites for hydroxylation is 1. The van der Waals surface area contributed by atoms with Gasteiger partial charge in [0.25, 0.3) is 0 Å². The Labute approximate surface area is 120 Å². The fourth-order valence-electron chi connectivity index (χ4n) is 1.60. The molecule has 1 N–H and O–H groups in total. The number of nitrogens with zero attached hydrogens (tertiary/aromatic N) is 1. The highest BCUT2D eigenvalue weighted by atomic mass is 79.9. The molecular formula is C12H13BrN2O3S. The maximum absolute atomic E-state index is 12.0. The van der Waals surface area contributed by atoms with Gasteiger partial charge >= 0.3 is 0 Å². The van der Waals surface area contributed by atoms with Crippen molar-refractivity contribution in [3.8, 4) is 0 Å². The van der Waals surface area contributed by atoms with Gasteiger partial charge in [-0.15, -0.1) is 0 Å². The third kappa shape index (κ3) is 3.57. The number of benzene rings is 1. The van der Waals surface area contributed by atoms with Crippen LogP contribution in [0.3, 0.4) is 0 Å². The lowest BCUT2D eigenvalue weighted by molar-refractivity contribution is 0.392. The molecule has 1 heterocycles. The van der Waals surface area contributed by atoms with Gasteiger partial charge < -0.3 is 4.52 Å². The average molecular weight is 345 g/mol. The highest BCUT2D eigenvalue weighted by molar-refractivity contribution is 9.10. The second kappa shape index (κ2) is 5.34. The normalized spacial score (nSPS) is 11.5. The third-order valence-corrected chi connectivity index (χ3v) is 4.61. The number of nitrogens with one attached hydrogen (secondary N) is 1. The maximum Gasteiger partial charge on any atom is 0.238 e. The van der Waals surface area contributed by atoms with E-state index in [0.717, 1.165) is 10.0 Å². The van der Waals surface area contributed by atoms with Gasteiger partial charge in [0.1, 0.15) is 17.2 Å². The first-order valence-corrected chi connectivity index (χ1v) is 8.00. The summed E-state index contributed by atoms with van der Waals surface area (Å²) in [6.45, 7) is 3.55. The number of sulfonamides is 1. The molecule has 2 rings (SSSR count). The van der Waals surface area contributed by atoms with Gasteiger partial charge in [-0.1, -0.05) is 27.2 Å². The molecule has 2 aromatic rings. The molecule has 0 saturated heterocycles. The summed E-state index contributed by atoms with van der Waals surface area (Å²) in [6.07, 6.45) is 0. The lowest BCUT2D eigenvalue weighted by atomic mass is 10.2. The molecule has 102 valence electrons. The lowest BCUT2D eigenvalue weighted by Crippen LogP contribution is -2.16. The average Bonchev–Trinajstić information content (AvgIpc) is 2.69. The van der Waals surface area contributed by atoms with Crippen molar-refractivity contribution >= 4 is 31.6 Å². The van der Waals surface area contributed by atoms with E-state index in [1.54, 1.807) is 25.1 Å². The third-order valence-electron chi connectivity index (χ3n) is 2.55. The van der Waals surface area contributed by atoms with Crippen molar-refractivity contribution in [2.45, 2.75) is 19.6 Å². The van der Waals surface area contributed by atoms with Crippen molar-refractivity contribution < 1.29 is 12.9 Å². The monoisotopic (exact) mass is 344 g/mol. The molecule has 0 aliphatic carbocycles. The molecule has 5 nitrogen and oxygen atoms in total. The van der Waals surface area contributed by atoms with E-state index < -0.39 is 10.0 Å². The summed E-state index contributed by atoms with van der Waals surface area (Å²) in [5.74, 6) is 0.375. The smallest absolute Gasteiger partial charge is 0.238 e. The highest BCUT2D eigenvalue weighted by Gasteiger charge is 2.16. The Morgan fingerprint density at radius 2 is 2.11 bits per heavy atom. The van der Waals surface area contributed by atoms with Gasteiger partial charge in [-0.2, -0.15) is 0 Å². The first kappa shape index (κ1) is 14.1. The Kier molecular flexibility index (Phi) is 3.96. The number of aromatic nitrogens is 1. The van der Waals surface area contributed by atoms with Crippen LogP contribution in [0.5, 0.6) is 0 Å². The quantitative estimate of drug-likeness (QED) is 0.925. The molecule has 0 aliphatic heterocycles. The summed E-state index contributed by atoms with van der Waals surface area (Å²) < 4.78 is 32.3. The van der Waals surface area contributed by atoms with Crippen molar-refractivity contribution in [1.29, 1.82) is 0 Å². The molecule has 0 spiro atoms. The van der Waals surface area contributed by atoms with E-state index in [1.165, 1.54) is 0 Å². The van der Waals surface area contributed by atoms with Crippen molar-refractivity contribution in [2.24, 2.45) is 0 Å². The zero-order chi connectivity index (χ0) is 14.0. The Morgan fingerprint density at radius 3 is 2.74 bits per heavy atom. The molecule has 0 unspecified atom stereocenters. The molecule has 0 aliphatic rings. The topological polar surface area (TPSA) is 72.2 Å². The molecule has 7 heteroatoms. The summed E-state index contributed by atoms with van der Waals surface area (Å²) in [5, 5.41) is 3.68. The van der Waals surface area contributed by atoms with Gasteiger partial charge in [0, 0.05) is 10.5 Å². The van der Waals surface area contributed by atoms with Crippen molar-refractivity contribution in [1.82, 2.24) is 5.16 Å². The molecule has 0 saturated carbocycles. The van der Waals surface area contributed by atoms with Crippen LogP contribution in [-0.4, -0.2) is 13.6 Å². The molecule has 1 aromatic heterocycles. The minimum atomic E-state index is -3.51. The van der Waals surface area contributed by atoms with Gasteiger partial charge in [-0.25, -0.2) is 8.42 Å². The molecule has 1 aromatic carbocycles. The van der Waals surface area contributed by atoms with E-state index >= 15 is 0 Å². The number of anilines is 1. The fraction of sp³-hybridized carbons (Fsp3) is 0.250. The highest BCUT2D eigenvalue weighted by Crippen LogP contribution is 2.24. The Morgan fingerprint density at radius 1 is 1.37 bits per heavy atom. The van der Waals surface area contributed by atoms with Crippen molar-refractivity contribution in [2.75, 3.05) is 4.72 Å². The maximum atomic E-state index is 12.0. The number of rotatable bonds is 4. The summed E-state index contributed by atoms with van der Waals surface area (Å²) in [4.78, 5) is 0. The van der Waals surface area contributed by atoms with Crippen LogP contribution >= 0.6 is 15.9 Å². The minimum absolute atomic E-state index is 0.212. The zero-order valence-corrected chi connectivity index (χ0v) is 12.9. The van der Waals surface area contributed by atoms with E-state index in [9.17, 15) is 8.42 Å². The summed E-state index contributed by atoms with van der Waals surface area (Å²) >= 11 is 3.36. The van der Waals surface area contributed by atoms with Crippen LogP contribution in [0.4, 0.5) is 5.69 Å². The largest absolute Gasteiger partial charge is 0.361 e. The van der Waals surface area contributed by atoms with Crippen LogP contribution in [0.1, 0.15) is 17.0 Å². The van der Waals surface area contributed by atoms with Gasteiger partial charge in [0.2, 0.25) is 10.0 Å². The first-order valence-electron chi connectivity index (χ1n) is 5.55. The van der Waals surface area contributed by atoms with Crippen LogP contribution in [0.2, 0.25) is 0 Å². The van der Waals surface area contributed by atoms with Gasteiger partial charge in [-0.3, -0.25) is 4.72 Å². The molecule has 0 fully saturated rings. The number of halogens is 1. The van der Waals surface area contributed by atoms with E-state index in [0.29, 0.717) is 17.1 Å². The van der Waals surface area contributed by atoms with Crippen LogP contribution in [0, 0.1) is 13.8 Å². The minimum Gasteiger partial charge on any atom is -0.361 e. The molecule has 0 bridgehead atoms. The van der Waals surface area contributed by atoms with Gasteiger partial charge in [-0.05, 0) is 31.5 Å². The second-order valence-electron chi connectivity index (χ2n) is 4.20. The van der Waals surface area contributed by atoms with Crippen LogP contribution in [0.15, 0.2) is 33.3 Å². The molecular weight excluding hydrogens is 332 g/mol.